The van der Waals surface area contributed by atoms with Gasteiger partial charge in [-0.3, -0.25) is 4.79 Å². The molecule has 3 rings (SSSR count). The van der Waals surface area contributed by atoms with Crippen LogP contribution in [-0.4, -0.2) is 34.1 Å². The van der Waals surface area contributed by atoms with Crippen LogP contribution in [0.2, 0.25) is 5.15 Å². The molecule has 0 bridgehead atoms. The summed E-state index contributed by atoms with van der Waals surface area (Å²) in [7, 11) is 0. The van der Waals surface area contributed by atoms with Crippen LogP contribution in [0.4, 0.5) is 17.2 Å². The molecule has 0 amide bonds. The standard InChI is InChI=1S/C28H41ClN4O2/c1-19(2)18-33(22-10-8-7-9-11-22)24-13-12-21(20(3)14-27(34)35-28(4,5)6)15-23(24)32-26-17-30-25(29)16-31-26/h12-13,15-17,19-20,22H,7-11,14,18H2,1-6H3,(H,31,32)/t20-/m1/s1. The molecule has 1 N–H and O–H groups in total. The van der Waals surface area contributed by atoms with E-state index >= 15 is 0 Å². The van der Waals surface area contributed by atoms with Crippen molar-refractivity contribution in [1.82, 2.24) is 9.97 Å². The lowest BCUT2D eigenvalue weighted by atomic mass is 9.92. The third kappa shape index (κ3) is 8.38. The topological polar surface area (TPSA) is 67.3 Å². The summed E-state index contributed by atoms with van der Waals surface area (Å²) < 4.78 is 5.56. The van der Waals surface area contributed by atoms with Crippen LogP contribution in [-0.2, 0) is 9.53 Å². The molecular formula is C28H41ClN4O2. The van der Waals surface area contributed by atoms with Gasteiger partial charge >= 0.3 is 5.97 Å². The van der Waals surface area contributed by atoms with Crippen molar-refractivity contribution in [2.24, 2.45) is 5.92 Å². The molecule has 1 aliphatic rings. The zero-order valence-corrected chi connectivity index (χ0v) is 22.9. The average Bonchev–Trinajstić information content (AvgIpc) is 2.78. The second kappa shape index (κ2) is 12.1. The van der Waals surface area contributed by atoms with Gasteiger partial charge in [-0.2, -0.15) is 0 Å². The normalized spacial score (nSPS) is 15.7. The van der Waals surface area contributed by atoms with Gasteiger partial charge in [0.25, 0.3) is 0 Å². The molecule has 35 heavy (non-hydrogen) atoms. The molecule has 1 aromatic carbocycles. The molecule has 192 valence electrons. The van der Waals surface area contributed by atoms with E-state index < -0.39 is 5.60 Å². The van der Waals surface area contributed by atoms with Crippen LogP contribution < -0.4 is 10.2 Å². The molecule has 0 unspecified atom stereocenters. The van der Waals surface area contributed by atoms with Crippen molar-refractivity contribution in [2.45, 2.75) is 97.6 Å². The largest absolute Gasteiger partial charge is 0.460 e. The molecule has 1 saturated carbocycles. The fourth-order valence-electron chi connectivity index (χ4n) is 4.71. The van der Waals surface area contributed by atoms with Crippen molar-refractivity contribution in [1.29, 1.82) is 0 Å². The highest BCUT2D eigenvalue weighted by Gasteiger charge is 2.26. The minimum atomic E-state index is -0.488. The van der Waals surface area contributed by atoms with Crippen molar-refractivity contribution < 1.29 is 9.53 Å². The Bertz CT molecular complexity index is 966. The van der Waals surface area contributed by atoms with E-state index in [9.17, 15) is 4.79 Å². The van der Waals surface area contributed by atoms with Gasteiger partial charge in [-0.05, 0) is 63.1 Å². The molecule has 1 aliphatic carbocycles. The van der Waals surface area contributed by atoms with Gasteiger partial charge in [-0.1, -0.05) is 57.7 Å². The van der Waals surface area contributed by atoms with Crippen LogP contribution in [0, 0.1) is 5.92 Å². The van der Waals surface area contributed by atoms with Gasteiger partial charge in [-0.15, -0.1) is 0 Å². The predicted octanol–water partition coefficient (Wildman–Crippen LogP) is 7.50. The highest BCUT2D eigenvalue weighted by molar-refractivity contribution is 6.29. The molecule has 2 aromatic rings. The smallest absolute Gasteiger partial charge is 0.306 e. The van der Waals surface area contributed by atoms with Gasteiger partial charge in [0.2, 0.25) is 0 Å². The SMILES string of the molecule is CC(C)CN(c1ccc([C@H](C)CC(=O)OC(C)(C)C)cc1Nc1cnc(Cl)cn1)C1CCCCC1. The maximum Gasteiger partial charge on any atom is 0.306 e. The first-order chi connectivity index (χ1) is 16.5. The summed E-state index contributed by atoms with van der Waals surface area (Å²) in [6.07, 6.45) is 9.81. The number of benzene rings is 1. The molecule has 6 nitrogen and oxygen atoms in total. The number of esters is 1. The number of rotatable bonds is 9. The fourth-order valence-corrected chi connectivity index (χ4v) is 4.80. The monoisotopic (exact) mass is 500 g/mol. The van der Waals surface area contributed by atoms with Crippen LogP contribution in [0.3, 0.4) is 0 Å². The van der Waals surface area contributed by atoms with E-state index in [4.69, 9.17) is 16.3 Å². The zero-order chi connectivity index (χ0) is 25.6. The summed E-state index contributed by atoms with van der Waals surface area (Å²) in [5, 5.41) is 3.85. The zero-order valence-electron chi connectivity index (χ0n) is 22.1. The average molecular weight is 501 g/mol. The van der Waals surface area contributed by atoms with Gasteiger partial charge in [0.15, 0.2) is 0 Å². The number of nitrogens with zero attached hydrogens (tertiary/aromatic N) is 3. The number of hydrogen-bond acceptors (Lipinski definition) is 6. The lowest BCUT2D eigenvalue weighted by Crippen LogP contribution is -2.39. The summed E-state index contributed by atoms with van der Waals surface area (Å²) in [6, 6.07) is 7.02. The lowest BCUT2D eigenvalue weighted by molar-refractivity contribution is -0.155. The van der Waals surface area contributed by atoms with Crippen LogP contribution in [0.5, 0.6) is 0 Å². The fraction of sp³-hybridized carbons (Fsp3) is 0.607. The van der Waals surface area contributed by atoms with E-state index in [0.29, 0.717) is 29.4 Å². The summed E-state index contributed by atoms with van der Waals surface area (Å²) in [5.74, 6) is 1.01. The number of anilines is 3. The molecule has 7 heteroatoms. The van der Waals surface area contributed by atoms with Crippen LogP contribution in [0.25, 0.3) is 0 Å². The van der Waals surface area contributed by atoms with E-state index in [1.807, 2.05) is 20.8 Å². The molecular weight excluding hydrogens is 460 g/mol. The summed E-state index contributed by atoms with van der Waals surface area (Å²) >= 11 is 5.96. The molecule has 0 saturated heterocycles. The third-order valence-electron chi connectivity index (χ3n) is 6.25. The first kappa shape index (κ1) is 27.3. The van der Waals surface area contributed by atoms with Crippen molar-refractivity contribution in [3.8, 4) is 0 Å². The number of hydrogen-bond donors (Lipinski definition) is 1. The molecule has 1 atom stereocenters. The maximum atomic E-state index is 12.5. The molecule has 0 radical (unpaired) electrons. The van der Waals surface area contributed by atoms with Gasteiger partial charge in [0.05, 0.1) is 30.2 Å². The number of ether oxygens (including phenoxy) is 1. The van der Waals surface area contributed by atoms with E-state index in [1.54, 1.807) is 12.4 Å². The Balaban J connectivity index is 1.95. The van der Waals surface area contributed by atoms with Crippen LogP contribution in [0.1, 0.15) is 91.5 Å². The number of nitrogens with one attached hydrogen (secondary N) is 1. The Labute approximate surface area is 215 Å². The summed E-state index contributed by atoms with van der Waals surface area (Å²) in [5.41, 5.74) is 2.73. The van der Waals surface area contributed by atoms with Gasteiger partial charge in [-0.25, -0.2) is 9.97 Å². The van der Waals surface area contributed by atoms with E-state index in [0.717, 1.165) is 23.5 Å². The second-order valence-electron chi connectivity index (χ2n) is 11.2. The van der Waals surface area contributed by atoms with Crippen LogP contribution >= 0.6 is 11.6 Å². The Morgan fingerprint density at radius 3 is 2.46 bits per heavy atom. The van der Waals surface area contributed by atoms with E-state index in [2.05, 4.69) is 59.2 Å². The van der Waals surface area contributed by atoms with Crippen molar-refractivity contribution in [3.05, 3.63) is 41.3 Å². The lowest BCUT2D eigenvalue weighted by Gasteiger charge is -2.38. The second-order valence-corrected chi connectivity index (χ2v) is 11.5. The van der Waals surface area contributed by atoms with E-state index in [1.165, 1.54) is 32.1 Å². The Hall–Kier alpha value is -2.34. The summed E-state index contributed by atoms with van der Waals surface area (Å²) in [4.78, 5) is 23.6. The predicted molar refractivity (Wildman–Crippen MR) is 145 cm³/mol. The highest BCUT2D eigenvalue weighted by Crippen LogP contribution is 2.37. The molecule has 0 aliphatic heterocycles. The van der Waals surface area contributed by atoms with Crippen LogP contribution in [0.15, 0.2) is 30.6 Å². The summed E-state index contributed by atoms with van der Waals surface area (Å²) in [6.45, 7) is 13.3. The van der Waals surface area contributed by atoms with Gasteiger partial charge in [0.1, 0.15) is 16.6 Å². The Morgan fingerprint density at radius 1 is 1.14 bits per heavy atom. The molecule has 1 aromatic heterocycles. The Morgan fingerprint density at radius 2 is 1.86 bits per heavy atom. The third-order valence-corrected chi connectivity index (χ3v) is 6.45. The number of aromatic nitrogens is 2. The minimum Gasteiger partial charge on any atom is -0.460 e. The number of carbonyl (C=O) groups is 1. The van der Waals surface area contributed by atoms with Crippen molar-refractivity contribution >= 4 is 34.8 Å². The minimum absolute atomic E-state index is 0.0176. The quantitative estimate of drug-likeness (QED) is 0.359. The molecule has 1 fully saturated rings. The number of halogens is 1. The molecule has 0 spiro atoms. The molecule has 1 heterocycles. The highest BCUT2D eigenvalue weighted by atomic mass is 35.5. The maximum absolute atomic E-state index is 12.5. The first-order valence-corrected chi connectivity index (χ1v) is 13.3. The van der Waals surface area contributed by atoms with Crippen molar-refractivity contribution in [3.63, 3.8) is 0 Å². The van der Waals surface area contributed by atoms with E-state index in [-0.39, 0.29) is 11.9 Å². The number of carbonyl (C=O) groups excluding carboxylic acids is 1. The Kier molecular flexibility index (Phi) is 9.40. The van der Waals surface area contributed by atoms with Gasteiger partial charge < -0.3 is 15.0 Å². The van der Waals surface area contributed by atoms with Crippen molar-refractivity contribution in [2.75, 3.05) is 16.8 Å². The first-order valence-electron chi connectivity index (χ1n) is 12.9. The van der Waals surface area contributed by atoms with Gasteiger partial charge in [0, 0.05) is 12.6 Å².